The summed E-state index contributed by atoms with van der Waals surface area (Å²) in [4.78, 5) is 17.0. The summed E-state index contributed by atoms with van der Waals surface area (Å²) in [6.45, 7) is 7.77. The predicted molar refractivity (Wildman–Crippen MR) is 134 cm³/mol. The minimum absolute atomic E-state index is 0.159. The molecule has 0 aliphatic rings. The van der Waals surface area contributed by atoms with Crippen LogP contribution < -0.4 is 15.8 Å². The molecule has 2 rings (SSSR count). The van der Waals surface area contributed by atoms with Crippen LogP contribution in [0.15, 0.2) is 60.7 Å². The molecule has 1 heterocycles. The molecule has 0 fully saturated rings. The van der Waals surface area contributed by atoms with Gasteiger partial charge in [-0.1, -0.05) is 26.5 Å². The minimum atomic E-state index is -3.83. The molecule has 4 N–H and O–H groups in total. The monoisotopic (exact) mass is 494 g/mol. The molecule has 6 nitrogen and oxygen atoms in total. The number of carbonyl (C=O) groups is 1. The van der Waals surface area contributed by atoms with Gasteiger partial charge in [-0.05, 0) is 48.1 Å². The fraction of sp³-hybridized carbons (Fsp3) is 0.174. The molecule has 0 saturated carbocycles. The summed E-state index contributed by atoms with van der Waals surface area (Å²) in [6.07, 6.45) is 7.30. The maximum Gasteiger partial charge on any atom is 0.487 e. The smallest absolute Gasteiger partial charge is 0.420 e. The molecule has 2 aromatic rings. The predicted octanol–water partition coefficient (Wildman–Crippen LogP) is 6.37. The van der Waals surface area contributed by atoms with Crippen LogP contribution in [0, 0.1) is 5.41 Å². The van der Waals surface area contributed by atoms with E-state index in [0.717, 1.165) is 6.21 Å². The second kappa shape index (κ2) is 13.4. The van der Waals surface area contributed by atoms with E-state index in [1.165, 1.54) is 48.3 Å². The fourth-order valence-corrected chi connectivity index (χ4v) is 3.04. The van der Waals surface area contributed by atoms with E-state index in [4.69, 9.17) is 22.7 Å². The van der Waals surface area contributed by atoms with Gasteiger partial charge in [-0.15, -0.1) is 20.5 Å². The quantitative estimate of drug-likeness (QED) is 0.214. The van der Waals surface area contributed by atoms with Crippen molar-refractivity contribution in [2.24, 2.45) is 5.73 Å². The number of allylic oxidation sites excluding steroid dienone is 3. The number of thioether (sulfide) groups is 1. The fourth-order valence-electron chi connectivity index (χ4n) is 2.49. The third-order valence-corrected chi connectivity index (χ3v) is 4.37. The molecule has 176 valence electrons. The number of aromatic nitrogens is 1. The van der Waals surface area contributed by atoms with Gasteiger partial charge in [0, 0.05) is 46.5 Å². The Bertz CT molecular complexity index is 1040. The first-order valence-corrected chi connectivity index (χ1v) is 11.3. The Kier molecular flexibility index (Phi) is 11.3. The zero-order valence-electron chi connectivity index (χ0n) is 18.4. The summed E-state index contributed by atoms with van der Waals surface area (Å²) in [5.41, 5.74) is 4.74. The van der Waals surface area contributed by atoms with Crippen molar-refractivity contribution in [1.82, 2.24) is 4.98 Å². The number of ether oxygens (including phenoxy) is 1. The second-order valence-electron chi connectivity index (χ2n) is 5.95. The van der Waals surface area contributed by atoms with E-state index >= 15 is 0 Å². The number of nitrogens with two attached hydrogens (primary N) is 1. The molecule has 1 aromatic carbocycles. The third kappa shape index (κ3) is 8.70. The molecular formula is C23H25ClF2N4O2S. The largest absolute Gasteiger partial charge is 0.487 e. The van der Waals surface area contributed by atoms with Crippen LogP contribution in [0.4, 0.5) is 14.5 Å². The second-order valence-corrected chi connectivity index (χ2v) is 7.10. The van der Waals surface area contributed by atoms with Gasteiger partial charge in [-0.2, -0.15) is 0 Å². The van der Waals surface area contributed by atoms with Crippen molar-refractivity contribution in [2.45, 2.75) is 19.4 Å². The molecule has 0 saturated heterocycles. The van der Waals surface area contributed by atoms with Crippen molar-refractivity contribution in [2.75, 3.05) is 11.6 Å². The van der Waals surface area contributed by atoms with Crippen LogP contribution in [0.1, 0.15) is 35.5 Å². The van der Waals surface area contributed by atoms with Gasteiger partial charge in [0.2, 0.25) is 0 Å². The lowest BCUT2D eigenvalue weighted by atomic mass is 10.0. The van der Waals surface area contributed by atoms with Crippen LogP contribution in [0.3, 0.4) is 0 Å². The lowest BCUT2D eigenvalue weighted by molar-refractivity contribution is -0.0964. The number of nitrogens with one attached hydrogen (secondary N) is 2. The Morgan fingerprint density at radius 2 is 1.97 bits per heavy atom. The third-order valence-electron chi connectivity index (χ3n) is 3.81. The first-order valence-electron chi connectivity index (χ1n) is 9.68. The van der Waals surface area contributed by atoms with Gasteiger partial charge < -0.3 is 21.2 Å². The number of halogens is 3. The molecule has 0 radical (unpaired) electrons. The van der Waals surface area contributed by atoms with Crippen LogP contribution in [0.5, 0.6) is 5.75 Å². The molecule has 33 heavy (non-hydrogen) atoms. The van der Waals surface area contributed by atoms with E-state index in [9.17, 15) is 13.6 Å². The number of alkyl halides is 3. The summed E-state index contributed by atoms with van der Waals surface area (Å²) in [5, 5.41) is 11.7. The average molecular weight is 495 g/mol. The number of amides is 1. The van der Waals surface area contributed by atoms with Gasteiger partial charge in [-0.25, -0.2) is 0 Å². The number of anilines is 1. The summed E-state index contributed by atoms with van der Waals surface area (Å²) in [5.74, 6) is -0.651. The molecular weight excluding hydrogens is 470 g/mol. The van der Waals surface area contributed by atoms with Crippen molar-refractivity contribution in [1.29, 1.82) is 5.41 Å². The van der Waals surface area contributed by atoms with Gasteiger partial charge >= 0.3 is 5.57 Å². The normalized spacial score (nSPS) is 11.7. The number of nitrogens with zero attached hydrogens (tertiary/aromatic N) is 1. The highest BCUT2D eigenvalue weighted by Gasteiger charge is 2.27. The van der Waals surface area contributed by atoms with Gasteiger partial charge in [0.05, 0.1) is 11.3 Å². The number of carbonyl (C=O) groups excluding carboxylic acids is 1. The summed E-state index contributed by atoms with van der Waals surface area (Å²) in [7, 11) is 0. The van der Waals surface area contributed by atoms with Crippen LogP contribution in [-0.2, 0) is 0 Å². The average Bonchev–Trinajstić information content (AvgIpc) is 2.79. The van der Waals surface area contributed by atoms with Crippen molar-refractivity contribution in [3.05, 3.63) is 77.5 Å². The number of rotatable bonds is 9. The van der Waals surface area contributed by atoms with Crippen LogP contribution in [0.25, 0.3) is 11.3 Å². The molecule has 10 heteroatoms. The molecule has 0 bridgehead atoms. The molecule has 0 aliphatic heterocycles. The molecule has 0 unspecified atom stereocenters. The summed E-state index contributed by atoms with van der Waals surface area (Å²) in [6, 6.07) is 6.81. The molecule has 0 spiro atoms. The van der Waals surface area contributed by atoms with Crippen LogP contribution in [-0.4, -0.2) is 28.9 Å². The SMILES string of the molecule is C=C/C(=C\SC)c1ncc(C(=O)Nc2ccc(OC(F)(F)Cl)cc2)cc1/C(N)=C/C=N.CC. The lowest BCUT2D eigenvalue weighted by Gasteiger charge is -2.13. The van der Waals surface area contributed by atoms with Crippen molar-refractivity contribution in [3.8, 4) is 5.75 Å². The Morgan fingerprint density at radius 3 is 2.48 bits per heavy atom. The van der Waals surface area contributed by atoms with Crippen LogP contribution in [0.2, 0.25) is 0 Å². The first kappa shape index (κ1) is 27.9. The molecule has 0 aliphatic carbocycles. The zero-order chi connectivity index (χ0) is 25.0. The summed E-state index contributed by atoms with van der Waals surface area (Å²) >= 11 is 6.18. The highest BCUT2D eigenvalue weighted by Crippen LogP contribution is 2.27. The Balaban J connectivity index is 0.00000265. The van der Waals surface area contributed by atoms with Crippen LogP contribution >= 0.6 is 23.4 Å². The minimum Gasteiger partial charge on any atom is -0.420 e. The number of pyridine rings is 1. The highest BCUT2D eigenvalue weighted by molar-refractivity contribution is 8.01. The van der Waals surface area contributed by atoms with Gasteiger partial charge in [0.1, 0.15) is 5.75 Å². The first-order chi connectivity index (χ1) is 15.7. The van der Waals surface area contributed by atoms with E-state index in [-0.39, 0.29) is 17.0 Å². The lowest BCUT2D eigenvalue weighted by Crippen LogP contribution is -2.16. The molecule has 0 atom stereocenters. The van der Waals surface area contributed by atoms with E-state index in [0.29, 0.717) is 22.5 Å². The van der Waals surface area contributed by atoms with Gasteiger partial charge in [0.15, 0.2) is 0 Å². The maximum atomic E-state index is 12.7. The number of benzene rings is 1. The Morgan fingerprint density at radius 1 is 1.33 bits per heavy atom. The summed E-state index contributed by atoms with van der Waals surface area (Å²) < 4.78 is 29.6. The number of hydrogen-bond acceptors (Lipinski definition) is 6. The zero-order valence-corrected chi connectivity index (χ0v) is 19.9. The van der Waals surface area contributed by atoms with Gasteiger partial charge in [-0.3, -0.25) is 9.78 Å². The van der Waals surface area contributed by atoms with E-state index in [2.05, 4.69) is 21.6 Å². The van der Waals surface area contributed by atoms with E-state index < -0.39 is 11.5 Å². The Labute approximate surface area is 201 Å². The van der Waals surface area contributed by atoms with E-state index in [1.807, 2.05) is 25.5 Å². The molecule has 1 aromatic heterocycles. The van der Waals surface area contributed by atoms with Crippen molar-refractivity contribution in [3.63, 3.8) is 0 Å². The van der Waals surface area contributed by atoms with Crippen molar-refractivity contribution >= 4 is 52.4 Å². The Hall–Kier alpha value is -3.17. The number of hydrogen-bond donors (Lipinski definition) is 3. The standard InChI is InChI=1S/C21H19ClF2N4O2S.C2H6/c1-3-13(12-31-2)19-17(18(26)8-9-25)10-14(11-27-19)20(29)28-15-4-6-16(7-5-15)30-21(22,23)24;1-2/h3-12,25H,1,26H2,2H3,(H,28,29);1-2H3/b13-12+,18-8-,25-9?;. The van der Waals surface area contributed by atoms with E-state index in [1.54, 1.807) is 12.1 Å². The highest BCUT2D eigenvalue weighted by atomic mass is 35.5. The van der Waals surface area contributed by atoms with Crippen molar-refractivity contribution < 1.29 is 18.3 Å². The molecule has 1 amide bonds. The maximum absolute atomic E-state index is 12.7. The van der Waals surface area contributed by atoms with Gasteiger partial charge in [0.25, 0.3) is 5.91 Å². The topological polar surface area (TPSA) is 101 Å².